The van der Waals surface area contributed by atoms with Gasteiger partial charge in [-0.3, -0.25) is 0 Å². The lowest BCUT2D eigenvalue weighted by atomic mass is 9.82. The third-order valence-corrected chi connectivity index (χ3v) is 13.7. The van der Waals surface area contributed by atoms with E-state index in [4.69, 9.17) is 0 Å². The Kier molecular flexibility index (Phi) is 6.85. The summed E-state index contributed by atoms with van der Waals surface area (Å²) in [6.07, 6.45) is 0. The average molecular weight is 762 g/mol. The van der Waals surface area contributed by atoms with Crippen molar-refractivity contribution in [3.63, 3.8) is 0 Å². The Balaban J connectivity index is 0.964. The molecule has 280 valence electrons. The van der Waals surface area contributed by atoms with Gasteiger partial charge in [0.05, 0.1) is 11.0 Å². The normalized spacial score (nSPS) is 13.3. The third-order valence-electron chi connectivity index (χ3n) is 13.7. The largest absolute Gasteiger partial charge is 0.309 e. The maximum absolute atomic E-state index is 2.46. The predicted molar refractivity (Wildman–Crippen MR) is 257 cm³/mol. The van der Waals surface area contributed by atoms with Gasteiger partial charge in [0.25, 0.3) is 0 Å². The zero-order valence-corrected chi connectivity index (χ0v) is 33.5. The minimum Gasteiger partial charge on any atom is -0.309 e. The molecule has 1 aromatic heterocycles. The van der Waals surface area contributed by atoms with Gasteiger partial charge in [-0.1, -0.05) is 166 Å². The second kappa shape index (κ2) is 12.3. The van der Waals surface area contributed by atoms with E-state index in [-0.39, 0.29) is 5.41 Å². The lowest BCUT2D eigenvalue weighted by Gasteiger charge is -2.21. The van der Waals surface area contributed by atoms with Crippen molar-refractivity contribution in [2.24, 2.45) is 0 Å². The summed E-state index contributed by atoms with van der Waals surface area (Å²) in [4.78, 5) is 0. The van der Waals surface area contributed by atoms with E-state index in [1.165, 1.54) is 126 Å². The van der Waals surface area contributed by atoms with Crippen LogP contribution in [0, 0.1) is 0 Å². The van der Waals surface area contributed by atoms with Crippen molar-refractivity contribution in [3.05, 3.63) is 211 Å². The van der Waals surface area contributed by atoms with Crippen LogP contribution in [0.3, 0.4) is 0 Å². The molecule has 0 aliphatic heterocycles. The molecule has 0 bridgehead atoms. The Labute approximate surface area is 348 Å². The molecule has 13 rings (SSSR count). The van der Waals surface area contributed by atoms with Gasteiger partial charge in [0, 0.05) is 21.9 Å². The third kappa shape index (κ3) is 4.69. The van der Waals surface area contributed by atoms with Crippen LogP contribution in [0.15, 0.2) is 200 Å². The van der Waals surface area contributed by atoms with Gasteiger partial charge in [-0.05, 0) is 147 Å². The summed E-state index contributed by atoms with van der Waals surface area (Å²) < 4.78 is 2.45. The molecule has 1 nitrogen and oxygen atoms in total. The zero-order chi connectivity index (χ0) is 39.7. The molecule has 1 heterocycles. The number of rotatable bonds is 3. The van der Waals surface area contributed by atoms with Gasteiger partial charge in [-0.15, -0.1) is 0 Å². The van der Waals surface area contributed by atoms with Crippen LogP contribution in [-0.4, -0.2) is 4.57 Å². The van der Waals surface area contributed by atoms with Crippen molar-refractivity contribution in [1.29, 1.82) is 0 Å². The number of aromatic nitrogens is 1. The fraction of sp³-hybridized carbons (Fsp3) is 0.0508. The van der Waals surface area contributed by atoms with Crippen molar-refractivity contribution in [2.45, 2.75) is 19.3 Å². The molecule has 60 heavy (non-hydrogen) atoms. The van der Waals surface area contributed by atoms with E-state index in [1.54, 1.807) is 0 Å². The van der Waals surface area contributed by atoms with E-state index < -0.39 is 0 Å². The van der Waals surface area contributed by atoms with Crippen molar-refractivity contribution >= 4 is 75.7 Å². The Bertz CT molecular complexity index is 3770. The number of fused-ring (bicyclic) bond motifs is 15. The topological polar surface area (TPSA) is 4.93 Å². The minimum absolute atomic E-state index is 0.0376. The van der Waals surface area contributed by atoms with Crippen molar-refractivity contribution in [3.8, 4) is 39.1 Å². The smallest absolute Gasteiger partial charge is 0.0547 e. The van der Waals surface area contributed by atoms with Crippen LogP contribution in [0.1, 0.15) is 25.0 Å². The number of para-hydroxylation sites is 1. The first-order chi connectivity index (χ1) is 29.5. The van der Waals surface area contributed by atoms with Gasteiger partial charge in [0.1, 0.15) is 0 Å². The number of nitrogens with zero attached hydrogens (tertiary/aromatic N) is 1. The van der Waals surface area contributed by atoms with Gasteiger partial charge in [-0.2, -0.15) is 0 Å². The van der Waals surface area contributed by atoms with E-state index in [9.17, 15) is 0 Å². The fourth-order valence-electron chi connectivity index (χ4n) is 10.7. The highest BCUT2D eigenvalue weighted by molar-refractivity contribution is 6.29. The zero-order valence-electron chi connectivity index (χ0n) is 33.5. The van der Waals surface area contributed by atoms with Crippen LogP contribution in [0.5, 0.6) is 0 Å². The van der Waals surface area contributed by atoms with Crippen LogP contribution in [0.25, 0.3) is 115 Å². The first-order valence-electron chi connectivity index (χ1n) is 21.1. The number of hydrogen-bond acceptors (Lipinski definition) is 0. The van der Waals surface area contributed by atoms with Crippen LogP contribution < -0.4 is 0 Å². The van der Waals surface area contributed by atoms with Crippen molar-refractivity contribution in [2.75, 3.05) is 0 Å². The van der Waals surface area contributed by atoms with Crippen LogP contribution in [0.4, 0.5) is 0 Å². The predicted octanol–water partition coefficient (Wildman–Crippen LogP) is 16.2. The standard InChI is InChI=1S/C59H39N/c1-59(2)54-28-26-42(32-53(54)58-44-17-9-8-12-38(44)25-29-55(58)59)37-22-20-36(21-23-37)41-24-27-47-48(30-41)45-18-10-11-19-46(45)49-34-52-51-31-39-13-6-7-14-40(39)33-56(51)60(57(52)35-50(47)49)43-15-4-3-5-16-43/h3-35H,1-2H3. The van der Waals surface area contributed by atoms with Crippen LogP contribution in [-0.2, 0) is 5.41 Å². The Hall–Kier alpha value is -7.48. The highest BCUT2D eigenvalue weighted by atomic mass is 15.0. The Morgan fingerprint density at radius 3 is 1.58 bits per heavy atom. The summed E-state index contributed by atoms with van der Waals surface area (Å²) in [7, 11) is 0. The lowest BCUT2D eigenvalue weighted by molar-refractivity contribution is 0.661. The van der Waals surface area contributed by atoms with Gasteiger partial charge in [-0.25, -0.2) is 0 Å². The summed E-state index contributed by atoms with van der Waals surface area (Å²) in [6.45, 7) is 4.73. The quantitative estimate of drug-likeness (QED) is 0.158. The maximum atomic E-state index is 2.46. The summed E-state index contributed by atoms with van der Waals surface area (Å²) >= 11 is 0. The number of benzene rings is 11. The molecule has 0 saturated heterocycles. The molecule has 0 amide bonds. The highest BCUT2D eigenvalue weighted by Crippen LogP contribution is 2.52. The second-order valence-corrected chi connectivity index (χ2v) is 17.3. The lowest BCUT2D eigenvalue weighted by Crippen LogP contribution is -2.14. The molecule has 0 spiro atoms. The maximum Gasteiger partial charge on any atom is 0.0547 e. The monoisotopic (exact) mass is 761 g/mol. The molecule has 0 atom stereocenters. The molecular weight excluding hydrogens is 723 g/mol. The molecule has 12 aromatic rings. The summed E-state index contributed by atoms with van der Waals surface area (Å²) in [5.74, 6) is 0. The van der Waals surface area contributed by atoms with Crippen molar-refractivity contribution in [1.82, 2.24) is 4.57 Å². The van der Waals surface area contributed by atoms with E-state index in [0.717, 1.165) is 0 Å². The minimum atomic E-state index is -0.0376. The fourth-order valence-corrected chi connectivity index (χ4v) is 10.7. The van der Waals surface area contributed by atoms with E-state index in [2.05, 4.69) is 219 Å². The summed E-state index contributed by atoms with van der Waals surface area (Å²) in [5.41, 5.74) is 14.1. The van der Waals surface area contributed by atoms with Gasteiger partial charge in [0.2, 0.25) is 0 Å². The SMILES string of the molecule is CC1(C)c2ccc(-c3ccc(-c4ccc5c(c4)c4ccccc4c4cc6c7cc8ccccc8cc7n(-c7ccccc7)c6cc54)cc3)cc2-c2c1ccc1ccccc21. The molecule has 1 aliphatic carbocycles. The molecule has 0 radical (unpaired) electrons. The van der Waals surface area contributed by atoms with E-state index in [1.807, 2.05) is 0 Å². The molecule has 0 saturated carbocycles. The summed E-state index contributed by atoms with van der Waals surface area (Å²) in [5, 5.41) is 15.4. The molecule has 0 fully saturated rings. The second-order valence-electron chi connectivity index (χ2n) is 17.3. The molecule has 0 unspecified atom stereocenters. The van der Waals surface area contributed by atoms with Gasteiger partial charge in [0.15, 0.2) is 0 Å². The molecule has 1 heteroatoms. The van der Waals surface area contributed by atoms with E-state index >= 15 is 0 Å². The van der Waals surface area contributed by atoms with Crippen molar-refractivity contribution < 1.29 is 0 Å². The first-order valence-corrected chi connectivity index (χ1v) is 21.1. The first kappa shape index (κ1) is 33.5. The Morgan fingerprint density at radius 2 is 0.833 bits per heavy atom. The molecule has 1 aliphatic rings. The molecule has 11 aromatic carbocycles. The highest BCUT2D eigenvalue weighted by Gasteiger charge is 2.36. The van der Waals surface area contributed by atoms with Crippen LogP contribution >= 0.6 is 0 Å². The Morgan fingerprint density at radius 1 is 0.317 bits per heavy atom. The molecule has 0 N–H and O–H groups in total. The van der Waals surface area contributed by atoms with Crippen LogP contribution in [0.2, 0.25) is 0 Å². The van der Waals surface area contributed by atoms with E-state index in [0.29, 0.717) is 0 Å². The number of hydrogen-bond donors (Lipinski definition) is 0. The summed E-state index contributed by atoms with van der Waals surface area (Å²) in [6, 6.07) is 75.0. The van der Waals surface area contributed by atoms with Gasteiger partial charge >= 0.3 is 0 Å². The molecular formula is C59H39N. The van der Waals surface area contributed by atoms with Gasteiger partial charge < -0.3 is 4.57 Å². The average Bonchev–Trinajstić information content (AvgIpc) is 3.74.